The summed E-state index contributed by atoms with van der Waals surface area (Å²) in [5.41, 5.74) is 0. The molecule has 1 fully saturated rings. The summed E-state index contributed by atoms with van der Waals surface area (Å²) in [5, 5.41) is 6.87. The molecular formula is C15H33IN4. The van der Waals surface area contributed by atoms with Gasteiger partial charge in [0, 0.05) is 26.2 Å². The minimum Gasteiger partial charge on any atom is -0.356 e. The standard InChI is InChI=1S/C15H32N4.HI/c1-4-6-8-11-17-15(16-3)18-13-14-10-7-9-12-19(14)5-2;/h14H,4-13H2,1-3H3,(H2,16,17,18);1H. The summed E-state index contributed by atoms with van der Waals surface area (Å²) in [6.07, 6.45) is 7.81. The second kappa shape index (κ2) is 12.7. The fourth-order valence-electron chi connectivity index (χ4n) is 2.72. The van der Waals surface area contributed by atoms with E-state index < -0.39 is 0 Å². The number of unbranched alkanes of at least 4 members (excludes halogenated alkanes) is 2. The number of hydrogen-bond donors (Lipinski definition) is 2. The Morgan fingerprint density at radius 1 is 1.20 bits per heavy atom. The molecular weight excluding hydrogens is 363 g/mol. The van der Waals surface area contributed by atoms with E-state index in [9.17, 15) is 0 Å². The summed E-state index contributed by atoms with van der Waals surface area (Å²) < 4.78 is 0. The van der Waals surface area contributed by atoms with E-state index in [-0.39, 0.29) is 24.0 Å². The quantitative estimate of drug-likeness (QED) is 0.301. The first-order chi connectivity index (χ1) is 9.31. The minimum absolute atomic E-state index is 0. The number of piperidine rings is 1. The van der Waals surface area contributed by atoms with E-state index in [1.54, 1.807) is 0 Å². The van der Waals surface area contributed by atoms with Crippen LogP contribution >= 0.6 is 24.0 Å². The highest BCUT2D eigenvalue weighted by Crippen LogP contribution is 2.15. The molecule has 5 heteroatoms. The Labute approximate surface area is 142 Å². The fourth-order valence-corrected chi connectivity index (χ4v) is 2.72. The van der Waals surface area contributed by atoms with Crippen molar-refractivity contribution in [3.05, 3.63) is 0 Å². The van der Waals surface area contributed by atoms with Crippen molar-refractivity contribution in [1.82, 2.24) is 15.5 Å². The number of aliphatic imine (C=N–C) groups is 1. The van der Waals surface area contributed by atoms with E-state index in [2.05, 4.69) is 34.4 Å². The van der Waals surface area contributed by atoms with E-state index in [1.807, 2.05) is 7.05 Å². The lowest BCUT2D eigenvalue weighted by atomic mass is 10.0. The molecule has 1 saturated heterocycles. The Balaban J connectivity index is 0.00000361. The Kier molecular flexibility index (Phi) is 12.7. The smallest absolute Gasteiger partial charge is 0.191 e. The molecule has 0 spiro atoms. The van der Waals surface area contributed by atoms with E-state index in [0.717, 1.165) is 25.6 Å². The van der Waals surface area contributed by atoms with Crippen LogP contribution in [0.25, 0.3) is 0 Å². The minimum atomic E-state index is 0. The molecule has 0 bridgehead atoms. The molecule has 1 rings (SSSR count). The number of likely N-dealkylation sites (tertiary alicyclic amines) is 1. The predicted octanol–water partition coefficient (Wildman–Crippen LogP) is 2.83. The summed E-state index contributed by atoms with van der Waals surface area (Å²) in [6.45, 7) is 8.95. The Hall–Kier alpha value is -0.0400. The lowest BCUT2D eigenvalue weighted by Crippen LogP contribution is -2.49. The van der Waals surface area contributed by atoms with Gasteiger partial charge in [0.15, 0.2) is 5.96 Å². The van der Waals surface area contributed by atoms with Crippen LogP contribution in [0, 0.1) is 0 Å². The second-order valence-corrected chi connectivity index (χ2v) is 5.37. The molecule has 0 saturated carbocycles. The molecule has 0 aromatic rings. The van der Waals surface area contributed by atoms with Crippen molar-refractivity contribution in [1.29, 1.82) is 0 Å². The van der Waals surface area contributed by atoms with Crippen molar-refractivity contribution < 1.29 is 0 Å². The van der Waals surface area contributed by atoms with Crippen LogP contribution in [0.4, 0.5) is 0 Å². The van der Waals surface area contributed by atoms with Gasteiger partial charge >= 0.3 is 0 Å². The zero-order chi connectivity index (χ0) is 13.9. The fraction of sp³-hybridized carbons (Fsp3) is 0.933. The first-order valence-corrected chi connectivity index (χ1v) is 8.00. The zero-order valence-electron chi connectivity index (χ0n) is 13.5. The molecule has 1 aliphatic heterocycles. The van der Waals surface area contributed by atoms with Crippen LogP contribution in [0.2, 0.25) is 0 Å². The molecule has 20 heavy (non-hydrogen) atoms. The van der Waals surface area contributed by atoms with Gasteiger partial charge in [-0.05, 0) is 32.4 Å². The maximum absolute atomic E-state index is 4.30. The van der Waals surface area contributed by atoms with Gasteiger partial charge in [-0.2, -0.15) is 0 Å². The van der Waals surface area contributed by atoms with Crippen LogP contribution in [0.5, 0.6) is 0 Å². The summed E-state index contributed by atoms with van der Waals surface area (Å²) in [5.74, 6) is 0.956. The average Bonchev–Trinajstić information content (AvgIpc) is 2.47. The number of nitrogens with one attached hydrogen (secondary N) is 2. The average molecular weight is 396 g/mol. The number of hydrogen-bond acceptors (Lipinski definition) is 2. The van der Waals surface area contributed by atoms with Gasteiger partial charge in [-0.25, -0.2) is 0 Å². The van der Waals surface area contributed by atoms with Gasteiger partial charge in [-0.3, -0.25) is 9.89 Å². The van der Waals surface area contributed by atoms with Gasteiger partial charge in [0.05, 0.1) is 0 Å². The lowest BCUT2D eigenvalue weighted by molar-refractivity contribution is 0.157. The molecule has 2 N–H and O–H groups in total. The summed E-state index contributed by atoms with van der Waals surface area (Å²) >= 11 is 0. The van der Waals surface area contributed by atoms with Crippen LogP contribution in [0.1, 0.15) is 52.4 Å². The number of rotatable bonds is 7. The van der Waals surface area contributed by atoms with Crippen molar-refractivity contribution in [2.24, 2.45) is 4.99 Å². The van der Waals surface area contributed by atoms with Crippen LogP contribution in [-0.4, -0.2) is 50.1 Å². The van der Waals surface area contributed by atoms with Gasteiger partial charge in [0.1, 0.15) is 0 Å². The topological polar surface area (TPSA) is 39.7 Å². The van der Waals surface area contributed by atoms with Crippen LogP contribution in [-0.2, 0) is 0 Å². The lowest BCUT2D eigenvalue weighted by Gasteiger charge is -2.35. The highest BCUT2D eigenvalue weighted by Gasteiger charge is 2.20. The van der Waals surface area contributed by atoms with Crippen LogP contribution < -0.4 is 10.6 Å². The van der Waals surface area contributed by atoms with Gasteiger partial charge in [0.2, 0.25) is 0 Å². The second-order valence-electron chi connectivity index (χ2n) is 5.37. The molecule has 0 aromatic carbocycles. The molecule has 120 valence electrons. The van der Waals surface area contributed by atoms with Crippen LogP contribution in [0.15, 0.2) is 4.99 Å². The molecule has 0 amide bonds. The summed E-state index contributed by atoms with van der Waals surface area (Å²) in [4.78, 5) is 6.88. The third kappa shape index (κ3) is 7.67. The number of halogens is 1. The molecule has 1 heterocycles. The van der Waals surface area contributed by atoms with Gasteiger partial charge in [-0.15, -0.1) is 24.0 Å². The highest BCUT2D eigenvalue weighted by atomic mass is 127. The third-order valence-corrected chi connectivity index (χ3v) is 3.96. The van der Waals surface area contributed by atoms with E-state index in [4.69, 9.17) is 0 Å². The van der Waals surface area contributed by atoms with Crippen molar-refractivity contribution in [3.8, 4) is 0 Å². The van der Waals surface area contributed by atoms with Gasteiger partial charge in [0.25, 0.3) is 0 Å². The Morgan fingerprint density at radius 2 is 2.00 bits per heavy atom. The molecule has 0 aliphatic carbocycles. The van der Waals surface area contributed by atoms with Crippen molar-refractivity contribution in [2.75, 3.05) is 33.2 Å². The largest absolute Gasteiger partial charge is 0.356 e. The van der Waals surface area contributed by atoms with E-state index in [0.29, 0.717) is 6.04 Å². The number of likely N-dealkylation sites (N-methyl/N-ethyl adjacent to an activating group) is 1. The van der Waals surface area contributed by atoms with Crippen molar-refractivity contribution in [3.63, 3.8) is 0 Å². The first-order valence-electron chi connectivity index (χ1n) is 8.00. The SMILES string of the molecule is CCCCCNC(=NC)NCC1CCCCN1CC.I. The molecule has 1 aliphatic rings. The molecule has 0 radical (unpaired) electrons. The molecule has 1 atom stereocenters. The normalized spacial score (nSPS) is 20.4. The third-order valence-electron chi connectivity index (χ3n) is 3.96. The maximum atomic E-state index is 4.30. The van der Waals surface area contributed by atoms with Crippen LogP contribution in [0.3, 0.4) is 0 Å². The van der Waals surface area contributed by atoms with E-state index in [1.165, 1.54) is 45.1 Å². The Bertz CT molecular complexity index is 258. The van der Waals surface area contributed by atoms with Gasteiger partial charge < -0.3 is 10.6 Å². The predicted molar refractivity (Wildman–Crippen MR) is 99.2 cm³/mol. The molecule has 4 nitrogen and oxygen atoms in total. The zero-order valence-corrected chi connectivity index (χ0v) is 15.8. The summed E-state index contributed by atoms with van der Waals surface area (Å²) in [7, 11) is 1.85. The summed E-state index contributed by atoms with van der Waals surface area (Å²) in [6, 6.07) is 0.674. The molecule has 0 aromatic heterocycles. The first kappa shape index (κ1) is 20.0. The number of guanidine groups is 1. The number of nitrogens with zero attached hydrogens (tertiary/aromatic N) is 2. The van der Waals surface area contributed by atoms with E-state index >= 15 is 0 Å². The maximum Gasteiger partial charge on any atom is 0.191 e. The monoisotopic (exact) mass is 396 g/mol. The highest BCUT2D eigenvalue weighted by molar-refractivity contribution is 14.0. The van der Waals surface area contributed by atoms with Crippen molar-refractivity contribution >= 4 is 29.9 Å². The van der Waals surface area contributed by atoms with Crippen molar-refractivity contribution in [2.45, 2.75) is 58.4 Å². The van der Waals surface area contributed by atoms with Gasteiger partial charge in [-0.1, -0.05) is 33.1 Å². The Morgan fingerprint density at radius 3 is 2.65 bits per heavy atom. The molecule has 1 unspecified atom stereocenters.